The number of carbonyl (C=O) groups is 1. The summed E-state index contributed by atoms with van der Waals surface area (Å²) in [6.07, 6.45) is 15.4. The molecule has 3 fully saturated rings. The number of hydrogen-bond donors (Lipinski definition) is 4. The molecule has 37 heavy (non-hydrogen) atoms. The Labute approximate surface area is 223 Å². The topological polar surface area (TPSA) is 98.0 Å². The van der Waals surface area contributed by atoms with Crippen molar-refractivity contribution in [2.24, 2.45) is 23.2 Å². The zero-order valence-electron chi connectivity index (χ0n) is 23.1. The van der Waals surface area contributed by atoms with Crippen LogP contribution in [0.4, 0.5) is 0 Å². The third kappa shape index (κ3) is 5.80. The summed E-state index contributed by atoms with van der Waals surface area (Å²) in [5.74, 6) is -0.349. The second-order valence-electron chi connectivity index (χ2n) is 11.8. The van der Waals surface area contributed by atoms with Gasteiger partial charge < -0.3 is 20.4 Å². The van der Waals surface area contributed by atoms with E-state index in [9.17, 15) is 25.2 Å². The summed E-state index contributed by atoms with van der Waals surface area (Å²) in [6.45, 7) is 10.0. The maximum Gasteiger partial charge on any atom is 0.145 e. The van der Waals surface area contributed by atoms with Crippen LogP contribution in [0.1, 0.15) is 85.0 Å². The number of carbonyl (C=O) groups excluding carboxylic acids is 1. The summed E-state index contributed by atoms with van der Waals surface area (Å²) in [4.78, 5) is 11.8. The van der Waals surface area contributed by atoms with E-state index in [2.05, 4.69) is 26.5 Å². The Morgan fingerprint density at radius 1 is 1.19 bits per heavy atom. The van der Waals surface area contributed by atoms with Crippen LogP contribution in [0.5, 0.6) is 0 Å². The second-order valence-corrected chi connectivity index (χ2v) is 11.8. The average Bonchev–Trinajstić information content (AvgIpc) is 3.16. The average molecular weight is 513 g/mol. The Kier molecular flexibility index (Phi) is 10.3. The molecule has 0 saturated heterocycles. The molecule has 0 aliphatic heterocycles. The molecule has 3 rings (SSSR count). The van der Waals surface area contributed by atoms with Gasteiger partial charge in [-0.3, -0.25) is 4.79 Å². The van der Waals surface area contributed by atoms with Gasteiger partial charge in [0.1, 0.15) is 6.29 Å². The summed E-state index contributed by atoms with van der Waals surface area (Å²) in [7, 11) is 0. The van der Waals surface area contributed by atoms with Crippen molar-refractivity contribution in [3.05, 3.63) is 58.7 Å². The first kappa shape index (κ1) is 29.8. The van der Waals surface area contributed by atoms with E-state index in [4.69, 9.17) is 0 Å². The van der Waals surface area contributed by atoms with Crippen LogP contribution in [0.2, 0.25) is 0 Å². The number of aliphatic hydroxyl groups is 4. The third-order valence-corrected chi connectivity index (χ3v) is 9.49. The fourth-order valence-electron chi connectivity index (χ4n) is 7.88. The molecule has 6 atom stereocenters. The molecular weight excluding hydrogens is 464 g/mol. The highest BCUT2D eigenvalue weighted by Crippen LogP contribution is 2.69. The summed E-state index contributed by atoms with van der Waals surface area (Å²) in [5.41, 5.74) is 2.98. The van der Waals surface area contributed by atoms with Crippen molar-refractivity contribution >= 4 is 6.29 Å². The number of rotatable bonds is 11. The molecule has 0 radical (unpaired) electrons. The minimum atomic E-state index is -1.02. The fraction of sp³-hybridized carbons (Fsp3) is 0.656. The normalized spacial score (nSPS) is 35.2. The van der Waals surface area contributed by atoms with E-state index in [1.807, 2.05) is 25.2 Å². The Balaban J connectivity index is 1.97. The maximum absolute atomic E-state index is 12.2. The van der Waals surface area contributed by atoms with Crippen molar-refractivity contribution < 1.29 is 25.2 Å². The summed E-state index contributed by atoms with van der Waals surface area (Å²) < 4.78 is 0. The first-order valence-corrected chi connectivity index (χ1v) is 14.1. The van der Waals surface area contributed by atoms with E-state index < -0.39 is 17.1 Å². The lowest BCUT2D eigenvalue weighted by molar-refractivity contribution is -0.215. The van der Waals surface area contributed by atoms with Crippen LogP contribution >= 0.6 is 0 Å². The first-order chi connectivity index (χ1) is 17.7. The zero-order chi connectivity index (χ0) is 27.2. The molecule has 3 saturated carbocycles. The molecule has 5 nitrogen and oxygen atoms in total. The second kappa shape index (κ2) is 12.8. The van der Waals surface area contributed by atoms with Gasteiger partial charge in [0.2, 0.25) is 0 Å². The molecular formula is C32H48O5. The van der Waals surface area contributed by atoms with Gasteiger partial charge >= 0.3 is 0 Å². The Morgan fingerprint density at radius 3 is 2.59 bits per heavy atom. The monoisotopic (exact) mass is 512 g/mol. The fourth-order valence-corrected chi connectivity index (χ4v) is 7.88. The van der Waals surface area contributed by atoms with Crippen molar-refractivity contribution in [3.63, 3.8) is 0 Å². The molecule has 0 aromatic carbocycles. The molecule has 0 aromatic heterocycles. The molecule has 4 N–H and O–H groups in total. The van der Waals surface area contributed by atoms with Crippen molar-refractivity contribution in [1.82, 2.24) is 0 Å². The van der Waals surface area contributed by atoms with Crippen LogP contribution in [0, 0.1) is 23.2 Å². The molecule has 0 heterocycles. The van der Waals surface area contributed by atoms with Gasteiger partial charge in [0.15, 0.2) is 0 Å². The largest absolute Gasteiger partial charge is 0.396 e. The van der Waals surface area contributed by atoms with Gasteiger partial charge in [-0.2, -0.15) is 0 Å². The molecule has 0 aromatic rings. The van der Waals surface area contributed by atoms with E-state index in [1.165, 1.54) is 5.57 Å². The van der Waals surface area contributed by atoms with Crippen molar-refractivity contribution in [3.8, 4) is 0 Å². The van der Waals surface area contributed by atoms with Crippen LogP contribution in [-0.4, -0.2) is 51.6 Å². The van der Waals surface area contributed by atoms with E-state index in [1.54, 1.807) is 0 Å². The van der Waals surface area contributed by atoms with Crippen molar-refractivity contribution in [2.75, 3.05) is 13.2 Å². The highest BCUT2D eigenvalue weighted by Gasteiger charge is 2.70. The number of allylic oxidation sites excluding steroid dienone is 8. The van der Waals surface area contributed by atoms with Gasteiger partial charge in [-0.05, 0) is 102 Å². The van der Waals surface area contributed by atoms with Gasteiger partial charge in [-0.25, -0.2) is 0 Å². The minimum absolute atomic E-state index is 0.0344. The molecule has 1 spiro atoms. The maximum atomic E-state index is 12.2. The van der Waals surface area contributed by atoms with Gasteiger partial charge in [-0.15, -0.1) is 0 Å². The van der Waals surface area contributed by atoms with Crippen LogP contribution in [0.15, 0.2) is 58.7 Å². The summed E-state index contributed by atoms with van der Waals surface area (Å²) in [5, 5.41) is 44.3. The zero-order valence-corrected chi connectivity index (χ0v) is 23.1. The van der Waals surface area contributed by atoms with Crippen LogP contribution in [0.25, 0.3) is 0 Å². The quantitative estimate of drug-likeness (QED) is 0.129. The van der Waals surface area contributed by atoms with E-state index in [-0.39, 0.29) is 31.0 Å². The van der Waals surface area contributed by atoms with Crippen LogP contribution in [-0.2, 0) is 4.79 Å². The van der Waals surface area contributed by atoms with Gasteiger partial charge in [-0.1, -0.05) is 54.0 Å². The van der Waals surface area contributed by atoms with E-state index in [0.717, 1.165) is 48.7 Å². The van der Waals surface area contributed by atoms with Crippen molar-refractivity contribution in [2.45, 2.75) is 96.7 Å². The Hall–Kier alpha value is -1.79. The molecule has 206 valence electrons. The highest BCUT2D eigenvalue weighted by molar-refractivity contribution is 5.74. The lowest BCUT2D eigenvalue weighted by atomic mass is 9.46. The first-order valence-electron chi connectivity index (χ1n) is 14.1. The molecule has 0 bridgehead atoms. The molecule has 6 unspecified atom stereocenters. The number of aldehydes is 1. The van der Waals surface area contributed by atoms with Gasteiger partial charge in [0, 0.05) is 17.9 Å². The Morgan fingerprint density at radius 2 is 1.95 bits per heavy atom. The minimum Gasteiger partial charge on any atom is -0.396 e. The standard InChI is InChI=1S/C32H48O5/c1-22(2)9-5-10-23(3)11-6-12-25(21-35)28-19-26-13-7-16-31(37)17-15-27(24(4)20-34)29(14-8-18-33)32(26,31)30(28)36/h6,9,11-12,20,26,28-30,33,35-37H,3,5,7-8,10,13-19,21H2,1-2,4H3. The molecule has 3 aliphatic carbocycles. The van der Waals surface area contributed by atoms with E-state index in [0.29, 0.717) is 44.1 Å². The summed E-state index contributed by atoms with van der Waals surface area (Å²) in [6, 6.07) is 0. The van der Waals surface area contributed by atoms with E-state index >= 15 is 0 Å². The summed E-state index contributed by atoms with van der Waals surface area (Å²) >= 11 is 0. The molecule has 3 aliphatic rings. The lowest BCUT2D eigenvalue weighted by Crippen LogP contribution is -2.65. The third-order valence-electron chi connectivity index (χ3n) is 9.49. The lowest BCUT2D eigenvalue weighted by Gasteiger charge is -2.61. The van der Waals surface area contributed by atoms with Gasteiger partial charge in [0.05, 0.1) is 18.3 Å². The number of hydrogen-bond acceptors (Lipinski definition) is 5. The number of aliphatic hydroxyl groups excluding tert-OH is 3. The predicted octanol–water partition coefficient (Wildman–Crippen LogP) is 5.36. The predicted molar refractivity (Wildman–Crippen MR) is 149 cm³/mol. The molecule has 0 amide bonds. The molecule has 5 heteroatoms. The smallest absolute Gasteiger partial charge is 0.145 e. The highest BCUT2D eigenvalue weighted by atomic mass is 16.3. The van der Waals surface area contributed by atoms with Gasteiger partial charge in [0.25, 0.3) is 0 Å². The van der Waals surface area contributed by atoms with Crippen molar-refractivity contribution in [1.29, 1.82) is 0 Å². The van der Waals surface area contributed by atoms with Crippen LogP contribution in [0.3, 0.4) is 0 Å². The SMILES string of the molecule is C=C(C=CC=C(CO)C1CC2CCCC3(O)CCC(=C(C)C=O)C(CCCO)C23C1O)CCC=C(C)C. The Bertz CT molecular complexity index is 952. The van der Waals surface area contributed by atoms with Crippen LogP contribution < -0.4 is 0 Å².